The molecule has 1 saturated heterocycles. The van der Waals surface area contributed by atoms with Gasteiger partial charge in [0.05, 0.1) is 25.1 Å². The van der Waals surface area contributed by atoms with Gasteiger partial charge in [-0.2, -0.15) is 0 Å². The van der Waals surface area contributed by atoms with Crippen molar-refractivity contribution in [1.82, 2.24) is 9.80 Å². The van der Waals surface area contributed by atoms with Crippen LogP contribution in [0.2, 0.25) is 0 Å². The van der Waals surface area contributed by atoms with E-state index in [0.29, 0.717) is 18.8 Å². The van der Waals surface area contributed by atoms with E-state index < -0.39 is 6.04 Å². The second kappa shape index (κ2) is 10.2. The van der Waals surface area contributed by atoms with E-state index in [1.165, 1.54) is 4.90 Å². The molecule has 1 aromatic carbocycles. The number of likely N-dealkylation sites (tertiary alicyclic amines) is 1. The van der Waals surface area contributed by atoms with Gasteiger partial charge in [-0.15, -0.1) is 0 Å². The molecule has 2 amide bonds. The average Bonchev–Trinajstić information content (AvgIpc) is 2.68. The second-order valence-corrected chi connectivity index (χ2v) is 7.37. The number of piperidine rings is 1. The minimum absolute atomic E-state index is 0.0216. The number of amides is 2. The summed E-state index contributed by atoms with van der Waals surface area (Å²) in [7, 11) is 1.63. The maximum atomic E-state index is 12.8. The summed E-state index contributed by atoms with van der Waals surface area (Å²) in [6.45, 7) is 7.20. The number of aryl methyl sites for hydroxylation is 1. The van der Waals surface area contributed by atoms with Gasteiger partial charge in [0.1, 0.15) is 0 Å². The standard InChI is InChI=1S/C21H31N3O4/c1-5-28-21(27)17-7-6-12-24(13-17)16(3)20(26)23(4)14-19(25)22-18-10-8-15(2)9-11-18/h8-11,16-17H,5-7,12-14H2,1-4H3,(H,22,25)/t16-,17+/m0/s1. The van der Waals surface area contributed by atoms with Crippen LogP contribution < -0.4 is 5.32 Å². The van der Waals surface area contributed by atoms with Crippen molar-refractivity contribution < 1.29 is 19.1 Å². The lowest BCUT2D eigenvalue weighted by molar-refractivity contribution is -0.151. The summed E-state index contributed by atoms with van der Waals surface area (Å²) >= 11 is 0. The summed E-state index contributed by atoms with van der Waals surface area (Å²) in [4.78, 5) is 40.5. The van der Waals surface area contributed by atoms with E-state index in [-0.39, 0.29) is 30.2 Å². The maximum Gasteiger partial charge on any atom is 0.310 e. The van der Waals surface area contributed by atoms with E-state index in [9.17, 15) is 14.4 Å². The zero-order valence-electron chi connectivity index (χ0n) is 17.2. The van der Waals surface area contributed by atoms with Crippen LogP contribution in [0.3, 0.4) is 0 Å². The first-order valence-corrected chi connectivity index (χ1v) is 9.84. The van der Waals surface area contributed by atoms with Gasteiger partial charge in [-0.25, -0.2) is 0 Å². The molecule has 154 valence electrons. The highest BCUT2D eigenvalue weighted by molar-refractivity contribution is 5.95. The van der Waals surface area contributed by atoms with Gasteiger partial charge >= 0.3 is 5.97 Å². The molecule has 0 spiro atoms. The smallest absolute Gasteiger partial charge is 0.310 e. The third kappa shape index (κ3) is 6.05. The molecule has 1 N–H and O–H groups in total. The summed E-state index contributed by atoms with van der Waals surface area (Å²) in [5, 5.41) is 2.80. The number of carbonyl (C=O) groups excluding carboxylic acids is 3. The first-order valence-electron chi connectivity index (χ1n) is 9.84. The van der Waals surface area contributed by atoms with Crippen molar-refractivity contribution in [2.24, 2.45) is 5.92 Å². The Balaban J connectivity index is 1.87. The highest BCUT2D eigenvalue weighted by atomic mass is 16.5. The molecule has 0 bridgehead atoms. The Bertz CT molecular complexity index is 689. The molecule has 0 unspecified atom stereocenters. The molecule has 1 aliphatic rings. The van der Waals surface area contributed by atoms with E-state index in [1.807, 2.05) is 43.0 Å². The van der Waals surface area contributed by atoms with E-state index in [2.05, 4.69) is 5.32 Å². The molecule has 1 heterocycles. The van der Waals surface area contributed by atoms with Crippen LogP contribution in [-0.2, 0) is 19.1 Å². The highest BCUT2D eigenvalue weighted by Crippen LogP contribution is 2.20. The van der Waals surface area contributed by atoms with Crippen LogP contribution in [0.25, 0.3) is 0 Å². The normalized spacial score (nSPS) is 18.2. The molecule has 0 aromatic heterocycles. The van der Waals surface area contributed by atoms with Crippen molar-refractivity contribution in [1.29, 1.82) is 0 Å². The molecule has 1 aromatic rings. The van der Waals surface area contributed by atoms with Crippen LogP contribution in [0.15, 0.2) is 24.3 Å². The minimum Gasteiger partial charge on any atom is -0.466 e. The molecule has 0 saturated carbocycles. The first-order chi connectivity index (χ1) is 13.3. The quantitative estimate of drug-likeness (QED) is 0.722. The number of benzene rings is 1. The molecule has 0 radical (unpaired) electrons. The van der Waals surface area contributed by atoms with Gasteiger partial charge in [-0.1, -0.05) is 17.7 Å². The monoisotopic (exact) mass is 389 g/mol. The number of hydrogen-bond donors (Lipinski definition) is 1. The summed E-state index contributed by atoms with van der Waals surface area (Å²) < 4.78 is 5.12. The molecule has 7 heteroatoms. The lowest BCUT2D eigenvalue weighted by atomic mass is 9.97. The number of ether oxygens (including phenoxy) is 1. The summed E-state index contributed by atoms with van der Waals surface area (Å²) in [6.07, 6.45) is 1.63. The van der Waals surface area contributed by atoms with Crippen molar-refractivity contribution in [3.63, 3.8) is 0 Å². The van der Waals surface area contributed by atoms with E-state index in [1.54, 1.807) is 14.0 Å². The van der Waals surface area contributed by atoms with Crippen molar-refractivity contribution in [2.75, 3.05) is 38.6 Å². The van der Waals surface area contributed by atoms with Crippen molar-refractivity contribution in [3.05, 3.63) is 29.8 Å². The number of hydrogen-bond acceptors (Lipinski definition) is 5. The van der Waals surface area contributed by atoms with Gasteiger partial charge in [-0.3, -0.25) is 19.3 Å². The van der Waals surface area contributed by atoms with E-state index in [4.69, 9.17) is 4.74 Å². The topological polar surface area (TPSA) is 79.0 Å². The Morgan fingerprint density at radius 1 is 1.29 bits per heavy atom. The van der Waals surface area contributed by atoms with Crippen molar-refractivity contribution in [3.8, 4) is 0 Å². The van der Waals surface area contributed by atoms with Crippen LogP contribution in [-0.4, -0.2) is 66.9 Å². The first kappa shape index (κ1) is 21.9. The predicted octanol–water partition coefficient (Wildman–Crippen LogP) is 2.06. The van der Waals surface area contributed by atoms with Gasteiger partial charge in [0.15, 0.2) is 0 Å². The molecule has 2 rings (SSSR count). The fourth-order valence-electron chi connectivity index (χ4n) is 3.42. The Kier molecular flexibility index (Phi) is 7.99. The number of esters is 1. The lowest BCUT2D eigenvalue weighted by Crippen LogP contribution is -2.51. The number of likely N-dealkylation sites (N-methyl/N-ethyl adjacent to an activating group) is 1. The predicted molar refractivity (Wildman–Crippen MR) is 108 cm³/mol. The van der Waals surface area contributed by atoms with E-state index in [0.717, 1.165) is 24.9 Å². The molecular weight excluding hydrogens is 358 g/mol. The molecule has 28 heavy (non-hydrogen) atoms. The third-order valence-electron chi connectivity index (χ3n) is 5.07. The van der Waals surface area contributed by atoms with Crippen LogP contribution in [0.4, 0.5) is 5.69 Å². The average molecular weight is 389 g/mol. The van der Waals surface area contributed by atoms with Gasteiger partial charge in [0.25, 0.3) is 0 Å². The van der Waals surface area contributed by atoms with Crippen LogP contribution in [0.1, 0.15) is 32.3 Å². The SMILES string of the molecule is CCOC(=O)[C@@H]1CCCN([C@@H](C)C(=O)N(C)CC(=O)Nc2ccc(C)cc2)C1. The fraction of sp³-hybridized carbons (Fsp3) is 0.571. The maximum absolute atomic E-state index is 12.8. The molecular formula is C21H31N3O4. The van der Waals surface area contributed by atoms with Gasteiger partial charge in [-0.05, 0) is 52.3 Å². The largest absolute Gasteiger partial charge is 0.466 e. The van der Waals surface area contributed by atoms with Crippen LogP contribution in [0.5, 0.6) is 0 Å². The molecule has 2 atom stereocenters. The third-order valence-corrected chi connectivity index (χ3v) is 5.07. The Morgan fingerprint density at radius 2 is 1.96 bits per heavy atom. The van der Waals surface area contributed by atoms with E-state index >= 15 is 0 Å². The number of carbonyl (C=O) groups is 3. The summed E-state index contributed by atoms with van der Waals surface area (Å²) in [5.74, 6) is -0.768. The zero-order valence-corrected chi connectivity index (χ0v) is 17.2. The Hall–Kier alpha value is -2.41. The van der Waals surface area contributed by atoms with Gasteiger partial charge in [0, 0.05) is 19.3 Å². The molecule has 7 nitrogen and oxygen atoms in total. The number of nitrogens with one attached hydrogen (secondary N) is 1. The molecule has 1 aliphatic heterocycles. The van der Waals surface area contributed by atoms with Crippen molar-refractivity contribution in [2.45, 2.75) is 39.7 Å². The molecule has 1 fully saturated rings. The number of rotatable bonds is 7. The number of anilines is 1. The van der Waals surface area contributed by atoms with Crippen molar-refractivity contribution >= 4 is 23.5 Å². The summed E-state index contributed by atoms with van der Waals surface area (Å²) in [6, 6.07) is 7.11. The zero-order chi connectivity index (χ0) is 20.7. The highest BCUT2D eigenvalue weighted by Gasteiger charge is 2.32. The summed E-state index contributed by atoms with van der Waals surface area (Å²) in [5.41, 5.74) is 1.82. The Morgan fingerprint density at radius 3 is 2.61 bits per heavy atom. The van der Waals surface area contributed by atoms with Gasteiger partial charge < -0.3 is 15.0 Å². The number of nitrogens with zero attached hydrogens (tertiary/aromatic N) is 2. The van der Waals surface area contributed by atoms with Crippen LogP contribution >= 0.6 is 0 Å². The van der Waals surface area contributed by atoms with Crippen LogP contribution in [0, 0.1) is 12.8 Å². The molecule has 0 aliphatic carbocycles. The minimum atomic E-state index is -0.394. The fourth-order valence-corrected chi connectivity index (χ4v) is 3.42. The van der Waals surface area contributed by atoms with Gasteiger partial charge in [0.2, 0.25) is 11.8 Å². The Labute approximate surface area is 167 Å². The second-order valence-electron chi connectivity index (χ2n) is 7.37. The lowest BCUT2D eigenvalue weighted by Gasteiger charge is -2.36.